The van der Waals surface area contributed by atoms with Gasteiger partial charge in [0.2, 0.25) is 11.8 Å². The third-order valence-electron chi connectivity index (χ3n) is 7.10. The lowest BCUT2D eigenvalue weighted by atomic mass is 9.97. The fraction of sp³-hybridized carbons (Fsp3) is 0.692. The maximum Gasteiger partial charge on any atom is 0.246 e. The van der Waals surface area contributed by atoms with Crippen LogP contribution in [-0.4, -0.2) is 40.2 Å². The summed E-state index contributed by atoms with van der Waals surface area (Å²) >= 11 is 0. The van der Waals surface area contributed by atoms with Crippen LogP contribution in [0.1, 0.15) is 90.0 Å². The third kappa shape index (κ3) is 5.72. The SMILES string of the molecule is CCCCC(CC)C(=O)N(Cc1ccccc1)C(=O)C1CCC2CCCCCCN21. The number of benzene rings is 1. The van der Waals surface area contributed by atoms with Gasteiger partial charge in [-0.3, -0.25) is 19.4 Å². The molecule has 4 heteroatoms. The summed E-state index contributed by atoms with van der Waals surface area (Å²) in [6.07, 6.45) is 12.0. The number of amides is 2. The van der Waals surface area contributed by atoms with Crippen LogP contribution >= 0.6 is 0 Å². The third-order valence-corrected chi connectivity index (χ3v) is 7.10. The lowest BCUT2D eigenvalue weighted by Gasteiger charge is -2.34. The first kappa shape index (κ1) is 23.0. The maximum absolute atomic E-state index is 13.8. The van der Waals surface area contributed by atoms with E-state index >= 15 is 0 Å². The first-order chi connectivity index (χ1) is 14.7. The number of unbranched alkanes of at least 4 members (excludes halogenated alkanes) is 1. The Balaban J connectivity index is 1.81. The van der Waals surface area contributed by atoms with E-state index in [9.17, 15) is 9.59 Å². The molecule has 4 nitrogen and oxygen atoms in total. The molecule has 3 atom stereocenters. The summed E-state index contributed by atoms with van der Waals surface area (Å²) in [5.41, 5.74) is 1.03. The van der Waals surface area contributed by atoms with Crippen LogP contribution in [-0.2, 0) is 16.1 Å². The normalized spacial score (nSPS) is 23.3. The van der Waals surface area contributed by atoms with Crippen LogP contribution in [0.3, 0.4) is 0 Å². The van der Waals surface area contributed by atoms with Crippen LogP contribution in [0.25, 0.3) is 0 Å². The van der Waals surface area contributed by atoms with Gasteiger partial charge >= 0.3 is 0 Å². The van der Waals surface area contributed by atoms with Crippen LogP contribution in [0.15, 0.2) is 30.3 Å². The molecule has 2 aliphatic heterocycles. The second-order valence-electron chi connectivity index (χ2n) is 9.18. The Kier molecular flexibility index (Phi) is 8.92. The molecular formula is C26H40N2O2. The van der Waals surface area contributed by atoms with Crippen molar-refractivity contribution in [3.8, 4) is 0 Å². The Morgan fingerprint density at radius 3 is 2.53 bits per heavy atom. The zero-order valence-corrected chi connectivity index (χ0v) is 19.0. The summed E-state index contributed by atoms with van der Waals surface area (Å²) in [6, 6.07) is 10.4. The predicted molar refractivity (Wildman–Crippen MR) is 122 cm³/mol. The molecule has 2 heterocycles. The molecule has 0 radical (unpaired) electrons. The first-order valence-corrected chi connectivity index (χ1v) is 12.3. The summed E-state index contributed by atoms with van der Waals surface area (Å²) in [4.78, 5) is 31.4. The van der Waals surface area contributed by atoms with Crippen LogP contribution in [0.2, 0.25) is 0 Å². The molecule has 0 spiro atoms. The van der Waals surface area contributed by atoms with Gasteiger partial charge in [0.15, 0.2) is 0 Å². The average molecular weight is 413 g/mol. The molecule has 3 unspecified atom stereocenters. The minimum absolute atomic E-state index is 0.0373. The number of carbonyl (C=O) groups is 2. The second kappa shape index (κ2) is 11.6. The first-order valence-electron chi connectivity index (χ1n) is 12.3. The Morgan fingerprint density at radius 2 is 1.80 bits per heavy atom. The molecule has 0 N–H and O–H groups in total. The fourth-order valence-corrected chi connectivity index (χ4v) is 5.26. The van der Waals surface area contributed by atoms with E-state index in [1.54, 1.807) is 4.90 Å². The van der Waals surface area contributed by atoms with Gasteiger partial charge in [-0.25, -0.2) is 0 Å². The lowest BCUT2D eigenvalue weighted by Crippen LogP contribution is -2.51. The van der Waals surface area contributed by atoms with Gasteiger partial charge < -0.3 is 0 Å². The van der Waals surface area contributed by atoms with Crippen LogP contribution in [0, 0.1) is 5.92 Å². The van der Waals surface area contributed by atoms with E-state index in [2.05, 4.69) is 18.7 Å². The highest BCUT2D eigenvalue weighted by Crippen LogP contribution is 2.32. The molecule has 166 valence electrons. The van der Waals surface area contributed by atoms with Crippen molar-refractivity contribution in [3.05, 3.63) is 35.9 Å². The largest absolute Gasteiger partial charge is 0.289 e. The van der Waals surface area contributed by atoms with Gasteiger partial charge in [0.05, 0.1) is 12.6 Å². The summed E-state index contributed by atoms with van der Waals surface area (Å²) in [5.74, 6) is 0.0271. The predicted octanol–water partition coefficient (Wildman–Crippen LogP) is 5.56. The molecule has 2 amide bonds. The molecule has 0 bridgehead atoms. The van der Waals surface area contributed by atoms with E-state index in [-0.39, 0.29) is 23.8 Å². The van der Waals surface area contributed by atoms with E-state index in [0.29, 0.717) is 12.6 Å². The van der Waals surface area contributed by atoms with E-state index in [1.807, 2.05) is 30.3 Å². The van der Waals surface area contributed by atoms with Gasteiger partial charge in [-0.2, -0.15) is 0 Å². The fourth-order valence-electron chi connectivity index (χ4n) is 5.26. The molecule has 2 saturated heterocycles. The van der Waals surface area contributed by atoms with Crippen molar-refractivity contribution in [2.45, 2.75) is 103 Å². The Labute approximate surface area is 183 Å². The standard InChI is InChI=1S/C26H40N2O2/c1-3-5-15-22(4-2)25(29)28(20-21-13-9-8-10-14-21)26(30)24-18-17-23-16-11-6-7-12-19-27(23)24/h8-10,13-14,22-24H,3-7,11-12,15-20H2,1-2H3. The van der Waals surface area contributed by atoms with Gasteiger partial charge in [-0.15, -0.1) is 0 Å². The quantitative estimate of drug-likeness (QED) is 0.561. The highest BCUT2D eigenvalue weighted by molar-refractivity contribution is 5.98. The number of nitrogens with zero attached hydrogens (tertiary/aromatic N) is 2. The van der Waals surface area contributed by atoms with Crippen molar-refractivity contribution in [3.63, 3.8) is 0 Å². The molecule has 1 aromatic carbocycles. The van der Waals surface area contributed by atoms with Crippen molar-refractivity contribution >= 4 is 11.8 Å². The van der Waals surface area contributed by atoms with E-state index in [1.165, 1.54) is 32.1 Å². The van der Waals surface area contributed by atoms with E-state index in [4.69, 9.17) is 0 Å². The smallest absolute Gasteiger partial charge is 0.246 e. The van der Waals surface area contributed by atoms with Gasteiger partial charge in [-0.1, -0.05) is 76.3 Å². The molecule has 30 heavy (non-hydrogen) atoms. The monoisotopic (exact) mass is 412 g/mol. The molecule has 1 aromatic rings. The highest BCUT2D eigenvalue weighted by Gasteiger charge is 2.41. The number of fused-ring (bicyclic) bond motifs is 1. The molecule has 0 aliphatic carbocycles. The topological polar surface area (TPSA) is 40.6 Å². The summed E-state index contributed by atoms with van der Waals surface area (Å²) in [5, 5.41) is 0. The number of hydrogen-bond donors (Lipinski definition) is 0. The molecule has 2 aliphatic rings. The molecule has 3 rings (SSSR count). The number of rotatable bonds is 8. The van der Waals surface area contributed by atoms with Crippen molar-refractivity contribution in [2.75, 3.05) is 6.54 Å². The van der Waals surface area contributed by atoms with Crippen LogP contribution < -0.4 is 0 Å². The van der Waals surface area contributed by atoms with Crippen molar-refractivity contribution in [1.29, 1.82) is 0 Å². The lowest BCUT2D eigenvalue weighted by molar-refractivity contribution is -0.151. The molecule has 0 saturated carbocycles. The second-order valence-corrected chi connectivity index (χ2v) is 9.18. The van der Waals surface area contributed by atoms with Gasteiger partial charge in [0.25, 0.3) is 0 Å². The van der Waals surface area contributed by atoms with Crippen molar-refractivity contribution in [2.24, 2.45) is 5.92 Å². The highest BCUT2D eigenvalue weighted by atomic mass is 16.2. The average Bonchev–Trinajstić information content (AvgIpc) is 3.14. The minimum Gasteiger partial charge on any atom is -0.289 e. The zero-order chi connectivity index (χ0) is 21.3. The Hall–Kier alpha value is -1.68. The summed E-state index contributed by atoms with van der Waals surface area (Å²) < 4.78 is 0. The Morgan fingerprint density at radius 1 is 1.03 bits per heavy atom. The number of imide groups is 1. The van der Waals surface area contributed by atoms with Crippen molar-refractivity contribution in [1.82, 2.24) is 9.80 Å². The van der Waals surface area contributed by atoms with Crippen molar-refractivity contribution < 1.29 is 9.59 Å². The maximum atomic E-state index is 13.8. The number of carbonyl (C=O) groups excluding carboxylic acids is 2. The number of hydrogen-bond acceptors (Lipinski definition) is 3. The Bertz CT molecular complexity index is 675. The molecular weight excluding hydrogens is 372 g/mol. The van der Waals surface area contributed by atoms with Crippen LogP contribution in [0.4, 0.5) is 0 Å². The summed E-state index contributed by atoms with van der Waals surface area (Å²) in [7, 11) is 0. The molecule has 2 fully saturated rings. The zero-order valence-electron chi connectivity index (χ0n) is 19.0. The summed E-state index contributed by atoms with van der Waals surface area (Å²) in [6.45, 7) is 5.63. The van der Waals surface area contributed by atoms with Gasteiger partial charge in [-0.05, 0) is 50.6 Å². The van der Waals surface area contributed by atoms with Gasteiger partial charge in [0.1, 0.15) is 0 Å². The van der Waals surface area contributed by atoms with E-state index in [0.717, 1.165) is 50.6 Å². The van der Waals surface area contributed by atoms with Crippen LogP contribution in [0.5, 0.6) is 0 Å². The van der Waals surface area contributed by atoms with Gasteiger partial charge in [0, 0.05) is 12.0 Å². The molecule has 0 aromatic heterocycles. The van der Waals surface area contributed by atoms with E-state index < -0.39 is 0 Å². The minimum atomic E-state index is -0.121.